The van der Waals surface area contributed by atoms with Gasteiger partial charge in [-0.05, 0) is 128 Å². The van der Waals surface area contributed by atoms with Crippen LogP contribution in [0.5, 0.6) is 0 Å². The molecule has 0 aromatic heterocycles. The van der Waals surface area contributed by atoms with Crippen LogP contribution in [-0.4, -0.2) is 95.9 Å². The molecule has 0 radical (unpaired) electrons. The van der Waals surface area contributed by atoms with Crippen LogP contribution in [0.2, 0.25) is 0 Å². The van der Waals surface area contributed by atoms with E-state index in [1.807, 2.05) is 0 Å². The number of phosphoric acid groups is 2. The van der Waals surface area contributed by atoms with Crippen LogP contribution in [0.3, 0.4) is 0 Å². The summed E-state index contributed by atoms with van der Waals surface area (Å²) in [6.45, 7) is 2.35. The Labute approximate surface area is 575 Å². The Hall–Kier alpha value is -4.31. The first-order valence-electron chi connectivity index (χ1n) is 36.5. The van der Waals surface area contributed by atoms with Gasteiger partial charge in [0, 0.05) is 19.3 Å². The van der Waals surface area contributed by atoms with E-state index < -0.39 is 91.5 Å². The van der Waals surface area contributed by atoms with Gasteiger partial charge < -0.3 is 34.2 Å². The number of esters is 3. The quantitative estimate of drug-likeness (QED) is 0.0146. The molecule has 0 spiro atoms. The van der Waals surface area contributed by atoms with E-state index in [1.165, 1.54) is 64.2 Å². The zero-order chi connectivity index (χ0) is 69.5. The average Bonchev–Trinajstić information content (AvgIpc) is 1.94. The fraction of sp³-hybridized carbons (Fsp3) is 0.675. The SMILES string of the molecule is CC/C=C\C/C=C\C/C=C\C/C=C\C/C=C\C/C=C\CCCCCCCCCCCCCCC(=O)OCC(O)COP(=O)(O)OCC(O)COP(=O)(O)OCC(COC(=O)CCCCCC/C=C\C/C=C\C/C=C\C/C=C\CC)OC(=O)CCCCCCC/C=C\CCCC. The number of hydrogen-bond donors (Lipinski definition) is 4. The molecule has 0 fully saturated rings. The summed E-state index contributed by atoms with van der Waals surface area (Å²) in [5, 5.41) is 20.6. The number of carbonyl (C=O) groups is 3. The topological polar surface area (TPSA) is 231 Å². The average molecular weight is 1370 g/mol. The Kier molecular flexibility index (Phi) is 66.4. The first kappa shape index (κ1) is 90.7. The molecule has 0 saturated heterocycles. The van der Waals surface area contributed by atoms with Crippen molar-refractivity contribution in [3.8, 4) is 0 Å². The smallest absolute Gasteiger partial charge is 0.463 e. The summed E-state index contributed by atoms with van der Waals surface area (Å²) < 4.78 is 60.8. The fourth-order valence-electron chi connectivity index (χ4n) is 9.31. The van der Waals surface area contributed by atoms with E-state index in [-0.39, 0.29) is 19.3 Å². The molecule has 5 unspecified atom stereocenters. The maximum Gasteiger partial charge on any atom is 0.472 e. The molecule has 0 aliphatic carbocycles. The van der Waals surface area contributed by atoms with Gasteiger partial charge in [-0.2, -0.15) is 0 Å². The zero-order valence-corrected chi connectivity index (χ0v) is 60.8. The highest BCUT2D eigenvalue weighted by molar-refractivity contribution is 7.47. The molecule has 4 N–H and O–H groups in total. The Morgan fingerprint density at radius 2 is 0.558 bits per heavy atom. The number of phosphoric ester groups is 2. The van der Waals surface area contributed by atoms with Gasteiger partial charge >= 0.3 is 33.6 Å². The second kappa shape index (κ2) is 69.6. The van der Waals surface area contributed by atoms with E-state index in [1.54, 1.807) is 0 Å². The lowest BCUT2D eigenvalue weighted by molar-refractivity contribution is -0.161. The van der Waals surface area contributed by atoms with Crippen molar-refractivity contribution in [1.29, 1.82) is 0 Å². The second-order valence-corrected chi connectivity index (χ2v) is 26.9. The zero-order valence-electron chi connectivity index (χ0n) is 59.0. The molecule has 544 valence electrons. The summed E-state index contributed by atoms with van der Waals surface area (Å²) in [7, 11) is -9.79. The molecule has 0 aromatic carbocycles. The third-order valence-corrected chi connectivity index (χ3v) is 16.7. The van der Waals surface area contributed by atoms with E-state index in [0.29, 0.717) is 19.3 Å². The van der Waals surface area contributed by atoms with Gasteiger partial charge in [0.1, 0.15) is 25.4 Å². The Bertz CT molecular complexity index is 2260. The lowest BCUT2D eigenvalue weighted by Crippen LogP contribution is -2.30. The number of unbranched alkanes of at least 4 members (excludes halogenated alkanes) is 23. The number of aliphatic hydroxyl groups is 2. The highest BCUT2D eigenvalue weighted by Gasteiger charge is 2.29. The monoisotopic (exact) mass is 1370 g/mol. The standard InChI is InChI=1S/C77H130O16P2/c1-4-7-10-13-16-19-22-24-26-28-29-30-31-32-33-34-35-36-37-38-39-40-41-43-45-46-49-51-54-57-60-63-75(80)87-66-72(78)67-89-94(83,84)90-68-73(79)69-91-95(85,86)92-71-74(93-77(82)65-62-59-56-53-48-21-18-15-12-9-6-3)70-88-76(81)64-61-58-55-52-50-47-44-42-27-25-23-20-17-14-11-8-5-2/h7-8,10-11,15-20,24-27,29-30,32-33,35-36,44,47,72-74,78-79H,4-6,9,12-14,21-23,28,31,34,37-43,45-46,48-71H2,1-3H3,(H,83,84)(H,85,86)/b10-7-,11-8-,18-15-,19-16-,20-17-,26-24-,27-25-,30-29-,33-32-,36-35-,47-44-. The van der Waals surface area contributed by atoms with Gasteiger partial charge in [-0.25, -0.2) is 9.13 Å². The van der Waals surface area contributed by atoms with Crippen molar-refractivity contribution < 1.29 is 75.8 Å². The van der Waals surface area contributed by atoms with Crippen molar-refractivity contribution in [3.05, 3.63) is 134 Å². The maximum absolute atomic E-state index is 12.9. The third-order valence-electron chi connectivity index (χ3n) is 14.8. The molecule has 5 atom stereocenters. The number of aliphatic hydroxyl groups excluding tert-OH is 2. The summed E-state index contributed by atoms with van der Waals surface area (Å²) in [5.41, 5.74) is 0. The minimum atomic E-state index is -4.93. The van der Waals surface area contributed by atoms with E-state index in [4.69, 9.17) is 32.3 Å². The van der Waals surface area contributed by atoms with E-state index in [2.05, 4.69) is 154 Å². The van der Waals surface area contributed by atoms with Crippen LogP contribution in [0.1, 0.15) is 278 Å². The minimum Gasteiger partial charge on any atom is -0.463 e. The highest BCUT2D eigenvalue weighted by atomic mass is 31.2. The summed E-state index contributed by atoms with van der Waals surface area (Å²) in [5.74, 6) is -1.62. The number of allylic oxidation sites excluding steroid dienone is 22. The van der Waals surface area contributed by atoms with Crippen LogP contribution < -0.4 is 0 Å². The van der Waals surface area contributed by atoms with Crippen molar-refractivity contribution in [2.24, 2.45) is 0 Å². The summed E-state index contributed by atoms with van der Waals surface area (Å²) >= 11 is 0. The molecule has 95 heavy (non-hydrogen) atoms. The van der Waals surface area contributed by atoms with Crippen LogP contribution >= 0.6 is 15.6 Å². The fourth-order valence-corrected chi connectivity index (χ4v) is 10.9. The van der Waals surface area contributed by atoms with Gasteiger partial charge in [0.2, 0.25) is 0 Å². The number of rotatable bonds is 68. The van der Waals surface area contributed by atoms with Gasteiger partial charge in [0.25, 0.3) is 0 Å². The van der Waals surface area contributed by atoms with Crippen LogP contribution in [0.25, 0.3) is 0 Å². The molecule has 0 aliphatic heterocycles. The van der Waals surface area contributed by atoms with Crippen molar-refractivity contribution in [1.82, 2.24) is 0 Å². The molecule has 0 rings (SSSR count). The third kappa shape index (κ3) is 70.8. The van der Waals surface area contributed by atoms with Crippen molar-refractivity contribution >= 4 is 33.6 Å². The molecular formula is C77H130O16P2. The predicted molar refractivity (Wildman–Crippen MR) is 390 cm³/mol. The Morgan fingerprint density at radius 1 is 0.305 bits per heavy atom. The number of hydrogen-bond acceptors (Lipinski definition) is 14. The van der Waals surface area contributed by atoms with Crippen molar-refractivity contribution in [2.45, 2.75) is 296 Å². The molecule has 0 bridgehead atoms. The second-order valence-electron chi connectivity index (χ2n) is 24.0. The Morgan fingerprint density at radius 3 is 0.895 bits per heavy atom. The molecule has 0 amide bonds. The Balaban J connectivity index is 4.42. The van der Waals surface area contributed by atoms with Gasteiger partial charge in [-0.15, -0.1) is 0 Å². The lowest BCUT2D eigenvalue weighted by Gasteiger charge is -2.21. The van der Waals surface area contributed by atoms with Gasteiger partial charge in [-0.3, -0.25) is 32.5 Å². The summed E-state index contributed by atoms with van der Waals surface area (Å²) in [4.78, 5) is 58.3. The molecule has 0 saturated carbocycles. The van der Waals surface area contributed by atoms with E-state index in [9.17, 15) is 43.5 Å². The lowest BCUT2D eigenvalue weighted by atomic mass is 10.0. The normalized spacial score (nSPS) is 14.9. The van der Waals surface area contributed by atoms with E-state index in [0.717, 1.165) is 154 Å². The molecule has 18 heteroatoms. The van der Waals surface area contributed by atoms with Crippen LogP contribution in [-0.2, 0) is 55.8 Å². The largest absolute Gasteiger partial charge is 0.472 e. The highest BCUT2D eigenvalue weighted by Crippen LogP contribution is 2.45. The first-order chi connectivity index (χ1) is 46.2. The van der Waals surface area contributed by atoms with Crippen molar-refractivity contribution in [2.75, 3.05) is 39.6 Å². The van der Waals surface area contributed by atoms with Gasteiger partial charge in [0.15, 0.2) is 6.10 Å². The summed E-state index contributed by atoms with van der Waals surface area (Å²) in [6.07, 6.45) is 82.4. The molecule has 0 aromatic rings. The van der Waals surface area contributed by atoms with Gasteiger partial charge in [-0.1, -0.05) is 264 Å². The van der Waals surface area contributed by atoms with Crippen LogP contribution in [0.15, 0.2) is 134 Å². The van der Waals surface area contributed by atoms with E-state index >= 15 is 0 Å². The molecule has 0 aliphatic rings. The van der Waals surface area contributed by atoms with Gasteiger partial charge in [0.05, 0.1) is 26.4 Å². The minimum absolute atomic E-state index is 0.0861. The molecular weight excluding hydrogens is 1240 g/mol. The maximum atomic E-state index is 12.9. The molecule has 0 heterocycles. The number of ether oxygens (including phenoxy) is 3. The summed E-state index contributed by atoms with van der Waals surface area (Å²) in [6, 6.07) is 0. The number of carbonyl (C=O) groups excluding carboxylic acids is 3. The predicted octanol–water partition coefficient (Wildman–Crippen LogP) is 20.8. The van der Waals surface area contributed by atoms with Crippen LogP contribution in [0.4, 0.5) is 0 Å². The van der Waals surface area contributed by atoms with Crippen molar-refractivity contribution in [3.63, 3.8) is 0 Å². The van der Waals surface area contributed by atoms with Crippen LogP contribution in [0, 0.1) is 0 Å². The first-order valence-corrected chi connectivity index (χ1v) is 39.5. The molecule has 16 nitrogen and oxygen atoms in total.